The van der Waals surface area contributed by atoms with Crippen LogP contribution in [0.15, 0.2) is 0 Å². The van der Waals surface area contributed by atoms with E-state index in [1.807, 2.05) is 0 Å². The summed E-state index contributed by atoms with van der Waals surface area (Å²) in [4.78, 5) is 35.0. The minimum absolute atomic E-state index is 0.00174. The van der Waals surface area contributed by atoms with E-state index in [0.717, 1.165) is 0 Å². The first-order valence-electron chi connectivity index (χ1n) is 5.57. The highest BCUT2D eigenvalue weighted by Crippen LogP contribution is 2.17. The molecule has 0 aromatic carbocycles. The van der Waals surface area contributed by atoms with E-state index < -0.39 is 0 Å². The van der Waals surface area contributed by atoms with Crippen LogP contribution in [0.1, 0.15) is 32.6 Å². The molecule has 1 heterocycles. The van der Waals surface area contributed by atoms with E-state index in [0.29, 0.717) is 32.4 Å². The van der Waals surface area contributed by atoms with E-state index in [9.17, 15) is 14.4 Å². The van der Waals surface area contributed by atoms with E-state index in [-0.39, 0.29) is 29.9 Å². The second-order valence-corrected chi connectivity index (χ2v) is 4.26. The first-order valence-corrected chi connectivity index (χ1v) is 5.57. The first-order chi connectivity index (χ1) is 7.50. The minimum Gasteiger partial charge on any atom is -0.369 e. The summed E-state index contributed by atoms with van der Waals surface area (Å²) in [5.74, 6) is -0.355. The van der Waals surface area contributed by atoms with Gasteiger partial charge >= 0.3 is 0 Å². The molecule has 0 radical (unpaired) electrons. The smallest absolute Gasteiger partial charge is 0.223 e. The lowest BCUT2D eigenvalue weighted by Gasteiger charge is -2.30. The molecular formula is C11H18N2O3. The van der Waals surface area contributed by atoms with Gasteiger partial charge in [0.15, 0.2) is 0 Å². The van der Waals surface area contributed by atoms with Crippen LogP contribution < -0.4 is 5.73 Å². The number of piperidine rings is 1. The molecule has 2 amide bonds. The molecule has 1 aliphatic rings. The van der Waals surface area contributed by atoms with Gasteiger partial charge in [0.1, 0.15) is 5.78 Å². The van der Waals surface area contributed by atoms with Gasteiger partial charge in [0.25, 0.3) is 0 Å². The Labute approximate surface area is 95.0 Å². The molecule has 0 atom stereocenters. The van der Waals surface area contributed by atoms with Crippen molar-refractivity contribution < 1.29 is 14.4 Å². The van der Waals surface area contributed by atoms with Crippen molar-refractivity contribution in [1.82, 2.24) is 4.90 Å². The van der Waals surface area contributed by atoms with E-state index in [1.165, 1.54) is 6.92 Å². The molecule has 0 aromatic heterocycles. The van der Waals surface area contributed by atoms with Gasteiger partial charge in [-0.25, -0.2) is 0 Å². The third kappa shape index (κ3) is 3.64. The van der Waals surface area contributed by atoms with Crippen LogP contribution >= 0.6 is 0 Å². The van der Waals surface area contributed by atoms with Crippen LogP contribution in [0.3, 0.4) is 0 Å². The molecule has 0 bridgehead atoms. The molecule has 1 saturated heterocycles. The van der Waals surface area contributed by atoms with E-state index in [4.69, 9.17) is 5.73 Å². The van der Waals surface area contributed by atoms with Crippen LogP contribution in [0.5, 0.6) is 0 Å². The Morgan fingerprint density at radius 1 is 1.19 bits per heavy atom. The lowest BCUT2D eigenvalue weighted by atomic mass is 9.96. The molecule has 90 valence electrons. The number of hydrogen-bond acceptors (Lipinski definition) is 3. The summed E-state index contributed by atoms with van der Waals surface area (Å²) in [6.45, 7) is 2.63. The highest BCUT2D eigenvalue weighted by Gasteiger charge is 2.25. The Balaban J connectivity index is 2.33. The van der Waals surface area contributed by atoms with Gasteiger partial charge in [-0.2, -0.15) is 0 Å². The number of nitrogens with two attached hydrogens (primary N) is 1. The molecule has 1 rings (SSSR count). The Morgan fingerprint density at radius 3 is 2.19 bits per heavy atom. The van der Waals surface area contributed by atoms with Crippen molar-refractivity contribution in [2.75, 3.05) is 13.1 Å². The first kappa shape index (κ1) is 12.7. The quantitative estimate of drug-likeness (QED) is 0.737. The fourth-order valence-corrected chi connectivity index (χ4v) is 1.85. The molecule has 2 N–H and O–H groups in total. The Hall–Kier alpha value is -1.39. The number of ketones is 1. The molecule has 0 aliphatic carbocycles. The number of carbonyl (C=O) groups is 3. The van der Waals surface area contributed by atoms with Gasteiger partial charge in [-0.15, -0.1) is 0 Å². The SMILES string of the molecule is CC(=O)CCC(=O)N1CCC(C(N)=O)CC1. The van der Waals surface area contributed by atoms with Crippen LogP contribution in [0.2, 0.25) is 0 Å². The van der Waals surface area contributed by atoms with Gasteiger partial charge in [0.2, 0.25) is 11.8 Å². The zero-order valence-corrected chi connectivity index (χ0v) is 9.57. The molecule has 0 unspecified atom stereocenters. The number of Topliss-reactive ketones (excluding diaryl/α,β-unsaturated/α-hetero) is 1. The fourth-order valence-electron chi connectivity index (χ4n) is 1.85. The zero-order chi connectivity index (χ0) is 12.1. The van der Waals surface area contributed by atoms with Gasteiger partial charge in [-0.3, -0.25) is 9.59 Å². The largest absolute Gasteiger partial charge is 0.369 e. The number of primary amides is 1. The van der Waals surface area contributed by atoms with Gasteiger partial charge in [0, 0.05) is 31.8 Å². The van der Waals surface area contributed by atoms with Crippen LogP contribution in [0, 0.1) is 5.92 Å². The summed E-state index contributed by atoms with van der Waals surface area (Å²) < 4.78 is 0. The molecule has 16 heavy (non-hydrogen) atoms. The molecule has 0 saturated carbocycles. The lowest BCUT2D eigenvalue weighted by molar-refractivity contribution is -0.135. The van der Waals surface area contributed by atoms with Gasteiger partial charge in [-0.1, -0.05) is 0 Å². The summed E-state index contributed by atoms with van der Waals surface area (Å²) in [5, 5.41) is 0. The number of rotatable bonds is 4. The molecule has 0 aromatic rings. The number of carbonyl (C=O) groups excluding carboxylic acids is 3. The third-order valence-corrected chi connectivity index (χ3v) is 2.94. The van der Waals surface area contributed by atoms with E-state index in [2.05, 4.69) is 0 Å². The van der Waals surface area contributed by atoms with Crippen LogP contribution in [-0.4, -0.2) is 35.6 Å². The molecule has 1 aliphatic heterocycles. The predicted molar refractivity (Wildman–Crippen MR) is 58.4 cm³/mol. The van der Waals surface area contributed by atoms with Crippen molar-refractivity contribution >= 4 is 17.6 Å². The van der Waals surface area contributed by atoms with Crippen molar-refractivity contribution in [2.24, 2.45) is 11.7 Å². The van der Waals surface area contributed by atoms with Crippen LogP contribution in [0.25, 0.3) is 0 Å². The molecule has 1 fully saturated rings. The summed E-state index contributed by atoms with van der Waals surface area (Å²) in [7, 11) is 0. The van der Waals surface area contributed by atoms with E-state index in [1.54, 1.807) is 4.90 Å². The summed E-state index contributed by atoms with van der Waals surface area (Å²) >= 11 is 0. The average molecular weight is 226 g/mol. The summed E-state index contributed by atoms with van der Waals surface area (Å²) in [6.07, 6.45) is 1.85. The monoisotopic (exact) mass is 226 g/mol. The van der Waals surface area contributed by atoms with Crippen molar-refractivity contribution in [3.8, 4) is 0 Å². The Bertz CT molecular complexity index is 294. The number of likely N-dealkylation sites (tertiary alicyclic amines) is 1. The molecule has 5 nitrogen and oxygen atoms in total. The zero-order valence-electron chi connectivity index (χ0n) is 9.57. The molecule has 5 heteroatoms. The van der Waals surface area contributed by atoms with Crippen LogP contribution in [-0.2, 0) is 14.4 Å². The topological polar surface area (TPSA) is 80.5 Å². The van der Waals surface area contributed by atoms with Crippen LogP contribution in [0.4, 0.5) is 0 Å². The lowest BCUT2D eigenvalue weighted by Crippen LogP contribution is -2.41. The normalized spacial score (nSPS) is 17.2. The summed E-state index contributed by atoms with van der Waals surface area (Å²) in [6, 6.07) is 0. The minimum atomic E-state index is -0.282. The Morgan fingerprint density at radius 2 is 1.75 bits per heavy atom. The fraction of sp³-hybridized carbons (Fsp3) is 0.727. The van der Waals surface area contributed by atoms with Crippen molar-refractivity contribution in [1.29, 1.82) is 0 Å². The van der Waals surface area contributed by atoms with Gasteiger partial charge in [-0.05, 0) is 19.8 Å². The Kier molecular flexibility index (Phi) is 4.46. The maximum Gasteiger partial charge on any atom is 0.223 e. The second-order valence-electron chi connectivity index (χ2n) is 4.26. The predicted octanol–water partition coefficient (Wildman–Crippen LogP) is 0.0795. The standard InChI is InChI=1S/C11H18N2O3/c1-8(14)2-3-10(15)13-6-4-9(5-7-13)11(12)16/h9H,2-7H2,1H3,(H2,12,16). The maximum absolute atomic E-state index is 11.6. The third-order valence-electron chi connectivity index (χ3n) is 2.94. The van der Waals surface area contributed by atoms with Crippen molar-refractivity contribution in [3.05, 3.63) is 0 Å². The number of amides is 2. The number of hydrogen-bond donors (Lipinski definition) is 1. The van der Waals surface area contributed by atoms with Gasteiger partial charge < -0.3 is 15.4 Å². The molecule has 0 spiro atoms. The van der Waals surface area contributed by atoms with E-state index >= 15 is 0 Å². The van der Waals surface area contributed by atoms with Crippen molar-refractivity contribution in [2.45, 2.75) is 32.6 Å². The highest BCUT2D eigenvalue weighted by atomic mass is 16.2. The van der Waals surface area contributed by atoms with Gasteiger partial charge in [0.05, 0.1) is 0 Å². The van der Waals surface area contributed by atoms with Crippen molar-refractivity contribution in [3.63, 3.8) is 0 Å². The highest BCUT2D eigenvalue weighted by molar-refractivity contribution is 5.84. The summed E-state index contributed by atoms with van der Waals surface area (Å²) in [5.41, 5.74) is 5.20. The maximum atomic E-state index is 11.6. The second kappa shape index (κ2) is 5.63. The average Bonchev–Trinajstić information content (AvgIpc) is 2.26. The molecular weight excluding hydrogens is 208 g/mol. The number of nitrogens with zero attached hydrogens (tertiary/aromatic N) is 1.